The van der Waals surface area contributed by atoms with E-state index in [2.05, 4.69) is 17.9 Å². The van der Waals surface area contributed by atoms with Crippen LogP contribution in [0.25, 0.3) is 0 Å². The van der Waals surface area contributed by atoms with Gasteiger partial charge in [-0.2, -0.15) is 12.6 Å². The summed E-state index contributed by atoms with van der Waals surface area (Å²) in [7, 11) is 0. The second-order valence-electron chi connectivity index (χ2n) is 3.49. The molecule has 1 N–H and O–H groups in total. The maximum absolute atomic E-state index is 11.1. The SMILES string of the molecule is CC(=O)OCCc1ccc(NC(=O)CS)cc1. The second-order valence-corrected chi connectivity index (χ2v) is 3.81. The molecule has 1 amide bonds. The molecule has 0 fully saturated rings. The first-order valence-corrected chi connectivity index (χ1v) is 5.88. The van der Waals surface area contributed by atoms with Gasteiger partial charge in [0.1, 0.15) is 0 Å². The Kier molecular flexibility index (Phi) is 5.56. The van der Waals surface area contributed by atoms with Gasteiger partial charge in [-0.3, -0.25) is 9.59 Å². The largest absolute Gasteiger partial charge is 0.466 e. The zero-order chi connectivity index (χ0) is 12.7. The molecule has 17 heavy (non-hydrogen) atoms. The van der Waals surface area contributed by atoms with Crippen LogP contribution in [-0.4, -0.2) is 24.2 Å². The minimum absolute atomic E-state index is 0.138. The van der Waals surface area contributed by atoms with Crippen LogP contribution in [0.3, 0.4) is 0 Å². The molecule has 92 valence electrons. The molecule has 0 aliphatic carbocycles. The standard InChI is InChI=1S/C12H15NO3S/c1-9(14)16-7-6-10-2-4-11(5-3-10)13-12(15)8-17/h2-5,17H,6-8H2,1H3,(H,13,15). The number of rotatable bonds is 5. The number of anilines is 1. The molecule has 0 aliphatic rings. The lowest BCUT2D eigenvalue weighted by Gasteiger charge is -2.05. The Morgan fingerprint density at radius 1 is 1.29 bits per heavy atom. The van der Waals surface area contributed by atoms with Gasteiger partial charge in [-0.15, -0.1) is 0 Å². The molecule has 4 nitrogen and oxygen atoms in total. The Balaban J connectivity index is 2.44. The van der Waals surface area contributed by atoms with Crippen molar-refractivity contribution in [3.05, 3.63) is 29.8 Å². The van der Waals surface area contributed by atoms with Crippen LogP contribution in [0.4, 0.5) is 5.69 Å². The minimum Gasteiger partial charge on any atom is -0.466 e. The van der Waals surface area contributed by atoms with Crippen molar-refractivity contribution in [1.82, 2.24) is 0 Å². The number of benzene rings is 1. The van der Waals surface area contributed by atoms with Crippen LogP contribution in [0.2, 0.25) is 0 Å². The van der Waals surface area contributed by atoms with Crippen molar-refractivity contribution in [2.75, 3.05) is 17.7 Å². The van der Waals surface area contributed by atoms with Gasteiger partial charge >= 0.3 is 5.97 Å². The van der Waals surface area contributed by atoms with Gasteiger partial charge in [-0.25, -0.2) is 0 Å². The van der Waals surface area contributed by atoms with Crippen LogP contribution in [0.1, 0.15) is 12.5 Å². The molecule has 5 heteroatoms. The third-order valence-electron chi connectivity index (χ3n) is 2.08. The van der Waals surface area contributed by atoms with E-state index in [0.717, 1.165) is 11.3 Å². The van der Waals surface area contributed by atoms with Gasteiger partial charge in [0.25, 0.3) is 0 Å². The first-order valence-electron chi connectivity index (χ1n) is 5.25. The average molecular weight is 253 g/mol. The molecule has 1 aromatic carbocycles. The highest BCUT2D eigenvalue weighted by Crippen LogP contribution is 2.10. The predicted octanol–water partition coefficient (Wildman–Crippen LogP) is 1.66. The Morgan fingerprint density at radius 2 is 1.94 bits per heavy atom. The summed E-state index contributed by atoms with van der Waals surface area (Å²) < 4.78 is 4.84. The van der Waals surface area contributed by atoms with Gasteiger partial charge in [0.2, 0.25) is 5.91 Å². The van der Waals surface area contributed by atoms with Crippen molar-refractivity contribution in [3.8, 4) is 0 Å². The molecule has 0 atom stereocenters. The van der Waals surface area contributed by atoms with Gasteiger partial charge in [0, 0.05) is 19.0 Å². The zero-order valence-corrected chi connectivity index (χ0v) is 10.5. The van der Waals surface area contributed by atoms with Crippen LogP contribution in [-0.2, 0) is 20.7 Å². The number of carbonyl (C=O) groups is 2. The number of ether oxygens (including phenoxy) is 1. The Hall–Kier alpha value is -1.49. The van der Waals surface area contributed by atoms with Crippen LogP contribution < -0.4 is 5.32 Å². The monoisotopic (exact) mass is 253 g/mol. The van der Waals surface area contributed by atoms with Gasteiger partial charge in [0.05, 0.1) is 12.4 Å². The fourth-order valence-corrected chi connectivity index (χ4v) is 1.35. The van der Waals surface area contributed by atoms with Crippen molar-refractivity contribution in [2.45, 2.75) is 13.3 Å². The van der Waals surface area contributed by atoms with E-state index < -0.39 is 0 Å². The Bertz CT molecular complexity index is 389. The number of amides is 1. The molecule has 0 saturated heterocycles. The van der Waals surface area contributed by atoms with Crippen molar-refractivity contribution in [2.24, 2.45) is 0 Å². The zero-order valence-electron chi connectivity index (χ0n) is 9.60. The quantitative estimate of drug-likeness (QED) is 0.620. The molecule has 0 unspecified atom stereocenters. The highest BCUT2D eigenvalue weighted by Gasteiger charge is 2.00. The summed E-state index contributed by atoms with van der Waals surface area (Å²) >= 11 is 3.87. The molecule has 0 heterocycles. The topological polar surface area (TPSA) is 55.4 Å². The maximum atomic E-state index is 11.1. The van der Waals surface area contributed by atoms with Crippen molar-refractivity contribution < 1.29 is 14.3 Å². The van der Waals surface area contributed by atoms with E-state index in [1.54, 1.807) is 0 Å². The lowest BCUT2D eigenvalue weighted by atomic mass is 10.1. The summed E-state index contributed by atoms with van der Waals surface area (Å²) in [6, 6.07) is 7.39. The predicted molar refractivity (Wildman–Crippen MR) is 69.3 cm³/mol. The van der Waals surface area contributed by atoms with Gasteiger partial charge in [-0.1, -0.05) is 12.1 Å². The van der Waals surface area contributed by atoms with E-state index >= 15 is 0 Å². The van der Waals surface area contributed by atoms with Crippen LogP contribution in [0.15, 0.2) is 24.3 Å². The molecule has 0 bridgehead atoms. The smallest absolute Gasteiger partial charge is 0.302 e. The molecule has 1 aromatic rings. The molecule has 0 aromatic heterocycles. The van der Waals surface area contributed by atoms with Crippen LogP contribution >= 0.6 is 12.6 Å². The van der Waals surface area contributed by atoms with E-state index in [-0.39, 0.29) is 17.6 Å². The number of esters is 1. The lowest BCUT2D eigenvalue weighted by Crippen LogP contribution is -2.12. The van der Waals surface area contributed by atoms with E-state index in [0.29, 0.717) is 13.0 Å². The highest BCUT2D eigenvalue weighted by atomic mass is 32.1. The second kappa shape index (κ2) is 6.96. The van der Waals surface area contributed by atoms with Crippen molar-refractivity contribution >= 4 is 30.2 Å². The summed E-state index contributed by atoms with van der Waals surface area (Å²) in [5, 5.41) is 2.69. The van der Waals surface area contributed by atoms with Gasteiger partial charge < -0.3 is 10.1 Å². The number of hydrogen-bond donors (Lipinski definition) is 2. The van der Waals surface area contributed by atoms with Gasteiger partial charge in [0.15, 0.2) is 0 Å². The van der Waals surface area contributed by atoms with Crippen molar-refractivity contribution in [1.29, 1.82) is 0 Å². The fourth-order valence-electron chi connectivity index (χ4n) is 1.27. The minimum atomic E-state index is -0.275. The first-order chi connectivity index (χ1) is 8.11. The molecule has 0 aliphatic heterocycles. The third kappa shape index (κ3) is 5.40. The molecule has 0 spiro atoms. The Labute approximate surface area is 106 Å². The third-order valence-corrected chi connectivity index (χ3v) is 2.36. The molecule has 0 saturated carbocycles. The number of nitrogens with one attached hydrogen (secondary N) is 1. The maximum Gasteiger partial charge on any atom is 0.302 e. The fraction of sp³-hybridized carbons (Fsp3) is 0.333. The van der Waals surface area contributed by atoms with E-state index in [1.807, 2.05) is 24.3 Å². The summed E-state index contributed by atoms with van der Waals surface area (Å²) in [5.74, 6) is -0.252. The van der Waals surface area contributed by atoms with E-state index in [9.17, 15) is 9.59 Å². The lowest BCUT2D eigenvalue weighted by molar-refractivity contribution is -0.140. The molecular formula is C12H15NO3S. The summed E-state index contributed by atoms with van der Waals surface area (Å²) in [4.78, 5) is 21.6. The Morgan fingerprint density at radius 3 is 2.47 bits per heavy atom. The normalized spacial score (nSPS) is 9.76. The molecule has 1 rings (SSSR count). The number of thiol groups is 1. The average Bonchev–Trinajstić information content (AvgIpc) is 2.31. The number of hydrogen-bond acceptors (Lipinski definition) is 4. The van der Waals surface area contributed by atoms with E-state index in [4.69, 9.17) is 4.74 Å². The van der Waals surface area contributed by atoms with Gasteiger partial charge in [-0.05, 0) is 17.7 Å². The first kappa shape index (κ1) is 13.6. The number of carbonyl (C=O) groups excluding carboxylic acids is 2. The van der Waals surface area contributed by atoms with Crippen molar-refractivity contribution in [3.63, 3.8) is 0 Å². The molecule has 0 radical (unpaired) electrons. The van der Waals surface area contributed by atoms with Crippen LogP contribution in [0, 0.1) is 0 Å². The summed E-state index contributed by atoms with van der Waals surface area (Å²) in [6.45, 7) is 1.76. The summed E-state index contributed by atoms with van der Waals surface area (Å²) in [6.07, 6.45) is 0.667. The molecular weight excluding hydrogens is 238 g/mol. The summed E-state index contributed by atoms with van der Waals surface area (Å²) in [5.41, 5.74) is 1.79. The van der Waals surface area contributed by atoms with Crippen LogP contribution in [0.5, 0.6) is 0 Å². The van der Waals surface area contributed by atoms with E-state index in [1.165, 1.54) is 6.92 Å². The highest BCUT2D eigenvalue weighted by molar-refractivity contribution is 7.81.